The average Bonchev–Trinajstić information content (AvgIpc) is 2.50. The molecule has 0 aliphatic carbocycles. The highest BCUT2D eigenvalue weighted by atomic mass is 16.5. The highest BCUT2D eigenvalue weighted by Gasteiger charge is 2.23. The minimum atomic E-state index is -1.36. The normalized spacial score (nSPS) is 11.0. The zero-order chi connectivity index (χ0) is 18.5. The van der Waals surface area contributed by atoms with Gasteiger partial charge in [-0.05, 0) is 6.42 Å². The molecule has 0 bridgehead atoms. The van der Waals surface area contributed by atoms with Crippen molar-refractivity contribution in [3.05, 3.63) is 0 Å². The molecule has 0 aromatic rings. The van der Waals surface area contributed by atoms with Crippen LogP contribution in [0.4, 0.5) is 0 Å². The van der Waals surface area contributed by atoms with Crippen LogP contribution in [0.25, 0.3) is 0 Å². The third-order valence-corrected chi connectivity index (χ3v) is 2.76. The molecule has 0 rings (SSSR count). The van der Waals surface area contributed by atoms with Crippen LogP contribution >= 0.6 is 0 Å². The Morgan fingerprint density at radius 3 is 2.38 bits per heavy atom. The molecule has 0 aromatic carbocycles. The van der Waals surface area contributed by atoms with Gasteiger partial charge in [0.2, 0.25) is 11.8 Å². The number of aliphatic carboxylic acids is 1. The van der Waals surface area contributed by atoms with Crippen molar-refractivity contribution in [1.29, 1.82) is 0 Å². The molecule has 0 spiro atoms. The molecule has 0 saturated carbocycles. The summed E-state index contributed by atoms with van der Waals surface area (Å²) >= 11 is 0. The Bertz CT molecular complexity index is 489. The lowest BCUT2D eigenvalue weighted by molar-refractivity contribution is -0.144. The molecular formula is C13H23N5O6. The second kappa shape index (κ2) is 11.7. The summed E-state index contributed by atoms with van der Waals surface area (Å²) in [5.41, 5.74) is 10.3. The number of ether oxygens (including phenoxy) is 1. The van der Waals surface area contributed by atoms with Crippen molar-refractivity contribution in [2.45, 2.75) is 31.7 Å². The molecule has 136 valence electrons. The van der Waals surface area contributed by atoms with Crippen molar-refractivity contribution in [2.75, 3.05) is 20.2 Å². The molecule has 24 heavy (non-hydrogen) atoms. The van der Waals surface area contributed by atoms with Gasteiger partial charge < -0.3 is 31.9 Å². The molecule has 0 aliphatic heterocycles. The van der Waals surface area contributed by atoms with E-state index < -0.39 is 36.2 Å². The Kier molecular flexibility index (Phi) is 10.3. The van der Waals surface area contributed by atoms with Gasteiger partial charge in [0.1, 0.15) is 6.04 Å². The quantitative estimate of drug-likeness (QED) is 0.119. The van der Waals surface area contributed by atoms with Gasteiger partial charge in [-0.2, -0.15) is 0 Å². The van der Waals surface area contributed by atoms with Gasteiger partial charge in [0.25, 0.3) is 0 Å². The number of nitrogens with two attached hydrogens (primary N) is 2. The molecule has 11 nitrogen and oxygen atoms in total. The number of carbonyl (C=O) groups is 4. The van der Waals surface area contributed by atoms with E-state index in [9.17, 15) is 19.2 Å². The Hall–Kier alpha value is -2.85. The van der Waals surface area contributed by atoms with E-state index in [4.69, 9.17) is 16.6 Å². The standard InChI is InChI=1S/C13H23N5O6/c1-24-11(21)4-6-16-10(20)7-8(12(22)23)18-9(19)3-2-5-17-13(14)15/h8H,2-7H2,1H3,(H,16,20)(H,18,19)(H,22,23)(H4,14,15,17). The fourth-order valence-corrected chi connectivity index (χ4v) is 1.58. The smallest absolute Gasteiger partial charge is 0.326 e. The van der Waals surface area contributed by atoms with Gasteiger partial charge in [-0.25, -0.2) is 4.79 Å². The number of nitrogens with zero attached hydrogens (tertiary/aromatic N) is 1. The molecule has 2 amide bonds. The maximum Gasteiger partial charge on any atom is 0.326 e. The van der Waals surface area contributed by atoms with Crippen LogP contribution in [0.15, 0.2) is 4.99 Å². The van der Waals surface area contributed by atoms with Crippen LogP contribution in [0.5, 0.6) is 0 Å². The summed E-state index contributed by atoms with van der Waals surface area (Å²) in [6, 6.07) is -1.36. The predicted octanol–water partition coefficient (Wildman–Crippen LogP) is -2.32. The number of esters is 1. The summed E-state index contributed by atoms with van der Waals surface area (Å²) in [5.74, 6) is -3.07. The lowest BCUT2D eigenvalue weighted by Crippen LogP contribution is -2.44. The predicted molar refractivity (Wildman–Crippen MR) is 83.7 cm³/mol. The summed E-state index contributed by atoms with van der Waals surface area (Å²) in [7, 11) is 1.22. The van der Waals surface area contributed by atoms with Crippen molar-refractivity contribution < 1.29 is 29.0 Å². The third-order valence-electron chi connectivity index (χ3n) is 2.76. The van der Waals surface area contributed by atoms with Crippen LogP contribution < -0.4 is 22.1 Å². The van der Waals surface area contributed by atoms with E-state index in [1.165, 1.54) is 7.11 Å². The Morgan fingerprint density at radius 1 is 1.17 bits per heavy atom. The molecule has 11 heteroatoms. The van der Waals surface area contributed by atoms with Gasteiger partial charge in [0.05, 0.1) is 20.0 Å². The molecule has 0 aliphatic rings. The number of hydrogen-bond acceptors (Lipinski definition) is 6. The van der Waals surface area contributed by atoms with E-state index in [1.54, 1.807) is 0 Å². The molecule has 1 unspecified atom stereocenters. The number of hydrogen-bond donors (Lipinski definition) is 5. The zero-order valence-corrected chi connectivity index (χ0v) is 13.4. The van der Waals surface area contributed by atoms with Gasteiger partial charge in [0, 0.05) is 19.5 Å². The van der Waals surface area contributed by atoms with Crippen LogP contribution in [0.1, 0.15) is 25.7 Å². The number of carboxylic acids is 1. The van der Waals surface area contributed by atoms with E-state index in [-0.39, 0.29) is 31.9 Å². The molecule has 0 radical (unpaired) electrons. The van der Waals surface area contributed by atoms with Crippen LogP contribution in [-0.4, -0.2) is 61.1 Å². The number of aliphatic imine (C=N–C) groups is 1. The summed E-state index contributed by atoms with van der Waals surface area (Å²) in [5, 5.41) is 13.7. The van der Waals surface area contributed by atoms with Gasteiger partial charge in [-0.1, -0.05) is 0 Å². The second-order valence-corrected chi connectivity index (χ2v) is 4.75. The van der Waals surface area contributed by atoms with Crippen molar-refractivity contribution in [3.8, 4) is 0 Å². The highest BCUT2D eigenvalue weighted by Crippen LogP contribution is 1.97. The molecule has 0 saturated heterocycles. The number of guanidine groups is 1. The van der Waals surface area contributed by atoms with Crippen molar-refractivity contribution in [1.82, 2.24) is 10.6 Å². The van der Waals surface area contributed by atoms with E-state index in [0.717, 1.165) is 0 Å². The summed E-state index contributed by atoms with van der Waals surface area (Å²) in [4.78, 5) is 48.9. The first-order valence-corrected chi connectivity index (χ1v) is 7.17. The Labute approximate surface area is 138 Å². The molecule has 0 aromatic heterocycles. The topological polar surface area (TPSA) is 186 Å². The Balaban J connectivity index is 4.22. The van der Waals surface area contributed by atoms with E-state index in [2.05, 4.69) is 20.4 Å². The highest BCUT2D eigenvalue weighted by molar-refractivity contribution is 5.88. The second-order valence-electron chi connectivity index (χ2n) is 4.75. The molecule has 0 heterocycles. The van der Waals surface area contributed by atoms with Crippen molar-refractivity contribution in [3.63, 3.8) is 0 Å². The van der Waals surface area contributed by atoms with E-state index in [1.807, 2.05) is 0 Å². The van der Waals surface area contributed by atoms with Crippen LogP contribution in [0.2, 0.25) is 0 Å². The fraction of sp³-hybridized carbons (Fsp3) is 0.615. The Morgan fingerprint density at radius 2 is 1.83 bits per heavy atom. The van der Waals surface area contributed by atoms with Gasteiger partial charge >= 0.3 is 11.9 Å². The minimum Gasteiger partial charge on any atom is -0.480 e. The first-order chi connectivity index (χ1) is 11.3. The SMILES string of the molecule is COC(=O)CCNC(=O)CC(NC(=O)CCCN=C(N)N)C(=O)O. The summed E-state index contributed by atoms with van der Waals surface area (Å²) < 4.78 is 4.40. The molecular weight excluding hydrogens is 322 g/mol. The maximum absolute atomic E-state index is 11.6. The summed E-state index contributed by atoms with van der Waals surface area (Å²) in [6.45, 7) is 0.256. The van der Waals surface area contributed by atoms with E-state index in [0.29, 0.717) is 6.42 Å². The number of amides is 2. The largest absolute Gasteiger partial charge is 0.480 e. The maximum atomic E-state index is 11.6. The fourth-order valence-electron chi connectivity index (χ4n) is 1.58. The summed E-state index contributed by atoms with van der Waals surface area (Å²) in [6.07, 6.45) is -0.126. The molecule has 1 atom stereocenters. The lowest BCUT2D eigenvalue weighted by Gasteiger charge is -2.14. The minimum absolute atomic E-state index is 0.0182. The first kappa shape index (κ1) is 21.1. The van der Waals surface area contributed by atoms with Gasteiger partial charge in [-0.15, -0.1) is 0 Å². The zero-order valence-electron chi connectivity index (χ0n) is 13.4. The van der Waals surface area contributed by atoms with Crippen LogP contribution in [0, 0.1) is 0 Å². The number of methoxy groups -OCH3 is 1. The number of rotatable bonds is 11. The number of carboxylic acid groups (broad SMARTS) is 1. The van der Waals surface area contributed by atoms with Crippen LogP contribution in [0.3, 0.4) is 0 Å². The first-order valence-electron chi connectivity index (χ1n) is 7.17. The number of nitrogens with one attached hydrogen (secondary N) is 2. The third kappa shape index (κ3) is 10.8. The van der Waals surface area contributed by atoms with Gasteiger partial charge in [0.15, 0.2) is 5.96 Å². The van der Waals surface area contributed by atoms with Crippen LogP contribution in [-0.2, 0) is 23.9 Å². The molecule has 7 N–H and O–H groups in total. The lowest BCUT2D eigenvalue weighted by atomic mass is 10.2. The average molecular weight is 345 g/mol. The van der Waals surface area contributed by atoms with Crippen molar-refractivity contribution >= 4 is 29.7 Å². The number of carbonyl (C=O) groups excluding carboxylic acids is 3. The van der Waals surface area contributed by atoms with Gasteiger partial charge in [-0.3, -0.25) is 19.4 Å². The monoisotopic (exact) mass is 345 g/mol. The van der Waals surface area contributed by atoms with E-state index >= 15 is 0 Å². The molecule has 0 fully saturated rings. The van der Waals surface area contributed by atoms with Crippen molar-refractivity contribution in [2.24, 2.45) is 16.5 Å².